The van der Waals surface area contributed by atoms with Gasteiger partial charge in [0.1, 0.15) is 4.90 Å². The SMILES string of the molecule is O=S1CCc2nc(Cl)nc(Nc3ccnc(F)c3)c21. The van der Waals surface area contributed by atoms with Crippen molar-refractivity contribution >= 4 is 33.9 Å². The van der Waals surface area contributed by atoms with E-state index in [2.05, 4.69) is 20.3 Å². The molecule has 1 unspecified atom stereocenters. The first-order valence-corrected chi connectivity index (χ1v) is 7.16. The zero-order chi connectivity index (χ0) is 13.4. The molecular weight excluding hydrogens is 291 g/mol. The predicted octanol–water partition coefficient (Wildman–Crippen LogP) is 2.07. The molecule has 0 amide bonds. The van der Waals surface area contributed by atoms with Crippen molar-refractivity contribution in [2.45, 2.75) is 11.3 Å². The molecule has 19 heavy (non-hydrogen) atoms. The molecule has 0 saturated heterocycles. The number of hydrogen-bond donors (Lipinski definition) is 1. The van der Waals surface area contributed by atoms with Crippen LogP contribution in [0.3, 0.4) is 0 Å². The Kier molecular flexibility index (Phi) is 3.16. The van der Waals surface area contributed by atoms with Gasteiger partial charge in [0.05, 0.1) is 16.5 Å². The van der Waals surface area contributed by atoms with Crippen molar-refractivity contribution in [1.29, 1.82) is 0 Å². The Morgan fingerprint density at radius 1 is 1.42 bits per heavy atom. The van der Waals surface area contributed by atoms with Gasteiger partial charge in [-0.15, -0.1) is 0 Å². The largest absolute Gasteiger partial charge is 0.339 e. The molecule has 8 heteroatoms. The van der Waals surface area contributed by atoms with Gasteiger partial charge in [0, 0.05) is 30.1 Å². The Morgan fingerprint density at radius 2 is 2.26 bits per heavy atom. The van der Waals surface area contributed by atoms with Crippen molar-refractivity contribution in [3.8, 4) is 0 Å². The molecule has 0 bridgehead atoms. The van der Waals surface area contributed by atoms with Crippen molar-refractivity contribution in [2.75, 3.05) is 11.1 Å². The average Bonchev–Trinajstić information content (AvgIpc) is 2.71. The van der Waals surface area contributed by atoms with Crippen LogP contribution in [-0.4, -0.2) is 24.9 Å². The van der Waals surface area contributed by atoms with E-state index < -0.39 is 16.7 Å². The van der Waals surface area contributed by atoms with E-state index in [0.717, 1.165) is 0 Å². The Hall–Kier alpha value is -1.60. The fourth-order valence-corrected chi connectivity index (χ4v) is 3.36. The molecule has 2 aromatic rings. The van der Waals surface area contributed by atoms with E-state index in [-0.39, 0.29) is 5.28 Å². The highest BCUT2D eigenvalue weighted by atomic mass is 35.5. The third kappa shape index (κ3) is 2.43. The molecule has 1 aliphatic rings. The summed E-state index contributed by atoms with van der Waals surface area (Å²) in [5.74, 6) is 0.253. The van der Waals surface area contributed by atoms with Crippen molar-refractivity contribution in [3.63, 3.8) is 0 Å². The van der Waals surface area contributed by atoms with Gasteiger partial charge >= 0.3 is 0 Å². The smallest absolute Gasteiger partial charge is 0.224 e. The number of halogens is 2. The molecule has 1 atom stereocenters. The van der Waals surface area contributed by atoms with Crippen LogP contribution in [0.5, 0.6) is 0 Å². The first kappa shape index (κ1) is 12.4. The van der Waals surface area contributed by atoms with Gasteiger partial charge in [0.25, 0.3) is 0 Å². The number of hydrogen-bond acceptors (Lipinski definition) is 5. The Bertz CT molecular complexity index is 682. The van der Waals surface area contributed by atoms with Crippen molar-refractivity contribution in [1.82, 2.24) is 15.0 Å². The molecule has 3 heterocycles. The van der Waals surface area contributed by atoms with Crippen molar-refractivity contribution < 1.29 is 8.60 Å². The van der Waals surface area contributed by atoms with Crippen LogP contribution >= 0.6 is 11.6 Å². The molecule has 5 nitrogen and oxygen atoms in total. The number of aryl methyl sites for hydroxylation is 1. The van der Waals surface area contributed by atoms with Gasteiger partial charge in [-0.05, 0) is 17.7 Å². The van der Waals surface area contributed by atoms with E-state index in [4.69, 9.17) is 11.6 Å². The minimum Gasteiger partial charge on any atom is -0.339 e. The van der Waals surface area contributed by atoms with Crippen LogP contribution in [0.2, 0.25) is 5.28 Å². The quantitative estimate of drug-likeness (QED) is 0.679. The third-order valence-electron chi connectivity index (χ3n) is 2.65. The summed E-state index contributed by atoms with van der Waals surface area (Å²) in [6, 6.07) is 2.81. The van der Waals surface area contributed by atoms with Gasteiger partial charge in [-0.1, -0.05) is 0 Å². The second-order valence-electron chi connectivity index (χ2n) is 3.91. The third-order valence-corrected chi connectivity index (χ3v) is 4.28. The second-order valence-corrected chi connectivity index (χ2v) is 5.75. The van der Waals surface area contributed by atoms with Gasteiger partial charge in [-0.25, -0.2) is 9.97 Å². The molecule has 0 spiro atoms. The molecule has 0 aromatic carbocycles. The van der Waals surface area contributed by atoms with Gasteiger partial charge in [0.15, 0.2) is 5.82 Å². The topological polar surface area (TPSA) is 67.8 Å². The summed E-state index contributed by atoms with van der Waals surface area (Å²) < 4.78 is 24.9. The van der Waals surface area contributed by atoms with E-state index >= 15 is 0 Å². The van der Waals surface area contributed by atoms with Crippen molar-refractivity contribution in [2.24, 2.45) is 0 Å². The molecule has 0 saturated carbocycles. The summed E-state index contributed by atoms with van der Waals surface area (Å²) in [5, 5.41) is 2.99. The number of aromatic nitrogens is 3. The van der Waals surface area contributed by atoms with Crippen LogP contribution in [0.4, 0.5) is 15.9 Å². The lowest BCUT2D eigenvalue weighted by Gasteiger charge is -2.09. The van der Waals surface area contributed by atoms with E-state index in [1.165, 1.54) is 12.3 Å². The molecule has 3 rings (SSSR count). The minimum absolute atomic E-state index is 0.0784. The highest BCUT2D eigenvalue weighted by molar-refractivity contribution is 7.85. The van der Waals surface area contributed by atoms with Crippen LogP contribution in [0.1, 0.15) is 5.69 Å². The number of pyridine rings is 1. The normalized spacial score (nSPS) is 17.3. The highest BCUT2D eigenvalue weighted by Crippen LogP contribution is 2.30. The standard InChI is InChI=1S/C11H8ClFN4OS/c12-11-16-7-2-4-19(18)9(7)10(17-11)15-6-1-3-14-8(13)5-6/h1,3,5H,2,4H2,(H,14,15,16,17). The van der Waals surface area contributed by atoms with Crippen molar-refractivity contribution in [3.05, 3.63) is 35.3 Å². The molecular formula is C11H8ClFN4OS. The monoisotopic (exact) mass is 298 g/mol. The number of nitrogens with zero attached hydrogens (tertiary/aromatic N) is 3. The maximum absolute atomic E-state index is 13.0. The van der Waals surface area contributed by atoms with Crippen LogP contribution in [0, 0.1) is 5.95 Å². The summed E-state index contributed by atoms with van der Waals surface area (Å²) in [4.78, 5) is 12.1. The first-order valence-electron chi connectivity index (χ1n) is 5.47. The predicted molar refractivity (Wildman–Crippen MR) is 69.5 cm³/mol. The van der Waals surface area contributed by atoms with E-state index in [1.807, 2.05) is 0 Å². The molecule has 2 aromatic heterocycles. The maximum atomic E-state index is 13.0. The summed E-state index contributed by atoms with van der Waals surface area (Å²) in [7, 11) is -1.15. The second kappa shape index (κ2) is 4.82. The summed E-state index contributed by atoms with van der Waals surface area (Å²) >= 11 is 5.83. The minimum atomic E-state index is -1.15. The van der Waals surface area contributed by atoms with Gasteiger partial charge < -0.3 is 5.32 Å². The van der Waals surface area contributed by atoms with Crippen LogP contribution in [0.25, 0.3) is 0 Å². The number of anilines is 2. The summed E-state index contributed by atoms with van der Waals surface area (Å²) in [6.45, 7) is 0. The molecule has 98 valence electrons. The number of rotatable bonds is 2. The Balaban J connectivity index is 2.04. The Morgan fingerprint density at radius 3 is 3.05 bits per heavy atom. The summed E-state index contributed by atoms with van der Waals surface area (Å²) in [5.41, 5.74) is 1.14. The Labute approximate surface area is 115 Å². The molecule has 0 aliphatic carbocycles. The van der Waals surface area contributed by atoms with Gasteiger partial charge in [-0.3, -0.25) is 4.21 Å². The van der Waals surface area contributed by atoms with E-state index in [0.29, 0.717) is 34.3 Å². The maximum Gasteiger partial charge on any atom is 0.224 e. The lowest BCUT2D eigenvalue weighted by Crippen LogP contribution is -2.03. The van der Waals surface area contributed by atoms with Crippen LogP contribution < -0.4 is 5.32 Å². The van der Waals surface area contributed by atoms with Gasteiger partial charge in [-0.2, -0.15) is 9.37 Å². The molecule has 0 fully saturated rings. The van der Waals surface area contributed by atoms with Gasteiger partial charge in [0.2, 0.25) is 11.2 Å². The average molecular weight is 299 g/mol. The number of nitrogens with one attached hydrogen (secondary N) is 1. The fourth-order valence-electron chi connectivity index (χ4n) is 1.87. The summed E-state index contributed by atoms with van der Waals surface area (Å²) in [6.07, 6.45) is 1.93. The van der Waals surface area contributed by atoms with Crippen LogP contribution in [0.15, 0.2) is 23.2 Å². The van der Waals surface area contributed by atoms with E-state index in [1.54, 1.807) is 6.07 Å². The highest BCUT2D eigenvalue weighted by Gasteiger charge is 2.25. The molecule has 0 radical (unpaired) electrons. The zero-order valence-electron chi connectivity index (χ0n) is 9.56. The lowest BCUT2D eigenvalue weighted by molar-refractivity contribution is 0.584. The number of fused-ring (bicyclic) bond motifs is 1. The van der Waals surface area contributed by atoms with Crippen LogP contribution in [-0.2, 0) is 17.2 Å². The zero-order valence-corrected chi connectivity index (χ0v) is 11.1. The lowest BCUT2D eigenvalue weighted by atomic mass is 10.3. The fraction of sp³-hybridized carbons (Fsp3) is 0.182. The molecule has 1 N–H and O–H groups in total. The van der Waals surface area contributed by atoms with E-state index in [9.17, 15) is 8.60 Å². The molecule has 1 aliphatic heterocycles. The first-order chi connectivity index (χ1) is 9.13.